The van der Waals surface area contributed by atoms with Gasteiger partial charge in [0.25, 0.3) is 0 Å². The molecule has 23 heavy (non-hydrogen) atoms. The minimum atomic E-state index is -0.948. The number of hydrogen-bond donors (Lipinski definition) is 3. The van der Waals surface area contributed by atoms with Crippen molar-refractivity contribution in [2.45, 2.75) is 89.3 Å². The van der Waals surface area contributed by atoms with E-state index in [9.17, 15) is 15.0 Å². The maximum absolute atomic E-state index is 12.5. The van der Waals surface area contributed by atoms with Crippen molar-refractivity contribution in [1.82, 2.24) is 5.32 Å². The molecule has 0 aliphatic heterocycles. The average molecular weight is 325 g/mol. The second-order valence-electron chi connectivity index (χ2n) is 7.71. The molecule has 0 bridgehead atoms. The lowest BCUT2D eigenvalue weighted by atomic mass is 9.60. The summed E-state index contributed by atoms with van der Waals surface area (Å²) in [6.07, 6.45) is 10.5. The van der Waals surface area contributed by atoms with E-state index in [-0.39, 0.29) is 11.8 Å². The molecule has 4 heteroatoms. The molecule has 2 saturated carbocycles. The number of aliphatic hydroxyl groups excluding tert-OH is 1. The van der Waals surface area contributed by atoms with Crippen molar-refractivity contribution in [1.29, 1.82) is 0 Å². The van der Waals surface area contributed by atoms with Crippen LogP contribution < -0.4 is 5.32 Å². The molecule has 2 aliphatic carbocycles. The minimum absolute atomic E-state index is 0.109. The third-order valence-corrected chi connectivity index (χ3v) is 6.35. The van der Waals surface area contributed by atoms with Gasteiger partial charge in [-0.2, -0.15) is 0 Å². The molecule has 0 heterocycles. The smallest absolute Gasteiger partial charge is 0.225 e. The molecule has 4 atom stereocenters. The molecule has 2 rings (SSSR count). The number of aliphatic hydroxyl groups is 2. The van der Waals surface area contributed by atoms with Crippen LogP contribution in [0, 0.1) is 17.8 Å². The summed E-state index contributed by atoms with van der Waals surface area (Å²) in [6, 6.07) is 0. The fraction of sp³-hybridized carbons (Fsp3) is 0.947. The molecule has 0 spiro atoms. The molecule has 0 saturated heterocycles. The molecule has 1 amide bonds. The second-order valence-corrected chi connectivity index (χ2v) is 7.71. The highest BCUT2D eigenvalue weighted by molar-refractivity contribution is 5.79. The fourth-order valence-electron chi connectivity index (χ4n) is 4.97. The van der Waals surface area contributed by atoms with Gasteiger partial charge in [-0.25, -0.2) is 0 Å². The Morgan fingerprint density at radius 1 is 1.17 bits per heavy atom. The van der Waals surface area contributed by atoms with E-state index in [1.807, 2.05) is 6.92 Å². The van der Waals surface area contributed by atoms with E-state index in [0.29, 0.717) is 25.2 Å². The molecule has 4 unspecified atom stereocenters. The predicted molar refractivity (Wildman–Crippen MR) is 92.0 cm³/mol. The maximum Gasteiger partial charge on any atom is 0.225 e. The van der Waals surface area contributed by atoms with E-state index in [1.165, 1.54) is 32.1 Å². The van der Waals surface area contributed by atoms with Crippen LogP contribution in [0.1, 0.15) is 77.6 Å². The number of carbonyl (C=O) groups excluding carboxylic acids is 1. The Balaban J connectivity index is 2.24. The Labute approximate surface area is 141 Å². The quantitative estimate of drug-likeness (QED) is 0.703. The van der Waals surface area contributed by atoms with Gasteiger partial charge in [-0.05, 0) is 37.5 Å². The summed E-state index contributed by atoms with van der Waals surface area (Å²) >= 11 is 0. The molecule has 0 aromatic carbocycles. The monoisotopic (exact) mass is 325 g/mol. The van der Waals surface area contributed by atoms with Crippen molar-refractivity contribution in [3.05, 3.63) is 0 Å². The Bertz CT molecular complexity index is 381. The Morgan fingerprint density at radius 3 is 2.43 bits per heavy atom. The lowest BCUT2D eigenvalue weighted by molar-refractivity contribution is -0.155. The molecule has 2 fully saturated rings. The Hall–Kier alpha value is -0.610. The zero-order valence-electron chi connectivity index (χ0n) is 14.9. The maximum atomic E-state index is 12.5. The molecular formula is C19H35NO3. The summed E-state index contributed by atoms with van der Waals surface area (Å²) < 4.78 is 0. The summed E-state index contributed by atoms with van der Waals surface area (Å²) in [4.78, 5) is 12.5. The first kappa shape index (κ1) is 18.7. The van der Waals surface area contributed by atoms with Crippen LogP contribution >= 0.6 is 0 Å². The van der Waals surface area contributed by atoms with Crippen molar-refractivity contribution in [3.8, 4) is 0 Å². The number of hydrogen-bond acceptors (Lipinski definition) is 3. The molecular weight excluding hydrogens is 290 g/mol. The van der Waals surface area contributed by atoms with Crippen molar-refractivity contribution in [2.75, 3.05) is 7.05 Å². The minimum Gasteiger partial charge on any atom is -0.393 e. The van der Waals surface area contributed by atoms with Gasteiger partial charge < -0.3 is 15.5 Å². The van der Waals surface area contributed by atoms with E-state index >= 15 is 0 Å². The van der Waals surface area contributed by atoms with E-state index < -0.39 is 17.6 Å². The average Bonchev–Trinajstić information content (AvgIpc) is 2.59. The first-order valence-corrected chi connectivity index (χ1v) is 9.65. The van der Waals surface area contributed by atoms with E-state index in [1.54, 1.807) is 7.05 Å². The summed E-state index contributed by atoms with van der Waals surface area (Å²) in [5.41, 5.74) is -0.948. The van der Waals surface area contributed by atoms with Crippen LogP contribution in [0.3, 0.4) is 0 Å². The number of carbonyl (C=O) groups is 1. The first-order chi connectivity index (χ1) is 11.0. The van der Waals surface area contributed by atoms with Crippen molar-refractivity contribution in [2.24, 2.45) is 17.8 Å². The van der Waals surface area contributed by atoms with Crippen molar-refractivity contribution in [3.63, 3.8) is 0 Å². The van der Waals surface area contributed by atoms with E-state index in [4.69, 9.17) is 0 Å². The highest BCUT2D eigenvalue weighted by atomic mass is 16.3. The Kier molecular flexibility index (Phi) is 6.90. The van der Waals surface area contributed by atoms with Gasteiger partial charge in [-0.15, -0.1) is 0 Å². The van der Waals surface area contributed by atoms with Crippen LogP contribution in [0.25, 0.3) is 0 Å². The number of amides is 1. The van der Waals surface area contributed by atoms with E-state index in [2.05, 4.69) is 5.32 Å². The lowest BCUT2D eigenvalue weighted by Gasteiger charge is -2.49. The van der Waals surface area contributed by atoms with Gasteiger partial charge >= 0.3 is 0 Å². The van der Waals surface area contributed by atoms with Crippen LogP contribution in [0.5, 0.6) is 0 Å². The molecule has 0 aromatic heterocycles. The van der Waals surface area contributed by atoms with Gasteiger partial charge in [0.05, 0.1) is 17.6 Å². The van der Waals surface area contributed by atoms with Gasteiger partial charge in [-0.3, -0.25) is 4.79 Å². The van der Waals surface area contributed by atoms with Crippen LogP contribution in [0.4, 0.5) is 0 Å². The zero-order valence-corrected chi connectivity index (χ0v) is 14.9. The number of rotatable bonds is 6. The Morgan fingerprint density at radius 2 is 1.83 bits per heavy atom. The third kappa shape index (κ3) is 4.27. The van der Waals surface area contributed by atoms with Crippen LogP contribution in [-0.2, 0) is 4.79 Å². The largest absolute Gasteiger partial charge is 0.393 e. The highest BCUT2D eigenvalue weighted by Crippen LogP contribution is 2.48. The van der Waals surface area contributed by atoms with Crippen LogP contribution in [0.15, 0.2) is 0 Å². The first-order valence-electron chi connectivity index (χ1n) is 9.65. The molecule has 3 N–H and O–H groups in total. The SMILES string of the molecule is CCC(O)CC(C(=O)NC)C1(O)CCCCC1C1CCCCC1. The lowest BCUT2D eigenvalue weighted by Crippen LogP contribution is -2.55. The summed E-state index contributed by atoms with van der Waals surface area (Å²) in [5, 5.41) is 24.5. The van der Waals surface area contributed by atoms with Gasteiger partial charge in [-0.1, -0.05) is 51.9 Å². The summed E-state index contributed by atoms with van der Waals surface area (Å²) in [6.45, 7) is 1.93. The van der Waals surface area contributed by atoms with Gasteiger partial charge in [0.15, 0.2) is 0 Å². The van der Waals surface area contributed by atoms with E-state index in [0.717, 1.165) is 19.3 Å². The fourth-order valence-corrected chi connectivity index (χ4v) is 4.97. The third-order valence-electron chi connectivity index (χ3n) is 6.35. The van der Waals surface area contributed by atoms with Crippen molar-refractivity contribution >= 4 is 5.91 Å². The molecule has 134 valence electrons. The molecule has 0 aromatic rings. The van der Waals surface area contributed by atoms with Gasteiger partial charge in [0.1, 0.15) is 0 Å². The molecule has 2 aliphatic rings. The second kappa shape index (κ2) is 8.48. The van der Waals surface area contributed by atoms with Gasteiger partial charge in [0, 0.05) is 7.05 Å². The van der Waals surface area contributed by atoms with Crippen LogP contribution in [-0.4, -0.2) is 34.9 Å². The van der Waals surface area contributed by atoms with Crippen LogP contribution in [0.2, 0.25) is 0 Å². The topological polar surface area (TPSA) is 69.6 Å². The summed E-state index contributed by atoms with van der Waals surface area (Å²) in [5.74, 6) is 0.153. The zero-order chi connectivity index (χ0) is 16.9. The number of nitrogens with one attached hydrogen (secondary N) is 1. The standard InChI is InChI=1S/C19H35NO3/c1-3-15(21)13-17(18(22)20-2)19(23)12-8-7-11-16(19)14-9-5-4-6-10-14/h14-17,21,23H,3-13H2,1-2H3,(H,20,22). The summed E-state index contributed by atoms with van der Waals surface area (Å²) in [7, 11) is 1.63. The van der Waals surface area contributed by atoms with Crippen molar-refractivity contribution < 1.29 is 15.0 Å². The highest BCUT2D eigenvalue weighted by Gasteiger charge is 2.50. The van der Waals surface area contributed by atoms with Gasteiger partial charge in [0.2, 0.25) is 5.91 Å². The molecule has 4 nitrogen and oxygen atoms in total. The predicted octanol–water partition coefficient (Wildman–Crippen LogP) is 3.01. The normalized spacial score (nSPS) is 32.3. The molecule has 0 radical (unpaired) electrons.